The number of nitrogens with zero attached hydrogens (tertiary/aromatic N) is 2. The molecule has 1 atom stereocenters. The van der Waals surface area contributed by atoms with Crippen LogP contribution in [0.3, 0.4) is 0 Å². The second-order valence-electron chi connectivity index (χ2n) is 5.55. The monoisotopic (exact) mass is 336 g/mol. The molecule has 2 N–H and O–H groups in total. The highest BCUT2D eigenvalue weighted by molar-refractivity contribution is 7.92. The largest absolute Gasteiger partial charge is 0.318 e. The Bertz CT molecular complexity index is 710. The molecular formula is C11H20N4O4S2. The summed E-state index contributed by atoms with van der Waals surface area (Å²) in [5.41, 5.74) is -0.954. The summed E-state index contributed by atoms with van der Waals surface area (Å²) in [5, 5.41) is 6.93. The van der Waals surface area contributed by atoms with Crippen LogP contribution in [0, 0.1) is 0 Å². The average Bonchev–Trinajstić information content (AvgIpc) is 2.91. The molecule has 2 heterocycles. The maximum absolute atomic E-state index is 12.3. The number of likely N-dealkylation sites (N-methyl/N-ethyl adjacent to an activating group) is 1. The number of hydrogen-bond donors (Lipinski definition) is 2. The van der Waals surface area contributed by atoms with E-state index in [4.69, 9.17) is 0 Å². The van der Waals surface area contributed by atoms with Gasteiger partial charge in [-0.25, -0.2) is 21.6 Å². The lowest BCUT2D eigenvalue weighted by Crippen LogP contribution is -2.46. The lowest BCUT2D eigenvalue weighted by molar-refractivity contribution is 0.461. The van der Waals surface area contributed by atoms with Crippen LogP contribution in [0.2, 0.25) is 0 Å². The zero-order valence-electron chi connectivity index (χ0n) is 12.0. The summed E-state index contributed by atoms with van der Waals surface area (Å²) < 4.78 is 51.7. The number of sulfonamides is 1. The van der Waals surface area contributed by atoms with Crippen molar-refractivity contribution in [1.29, 1.82) is 0 Å². The van der Waals surface area contributed by atoms with Crippen LogP contribution in [0.25, 0.3) is 0 Å². The van der Waals surface area contributed by atoms with Crippen LogP contribution in [-0.2, 0) is 26.4 Å². The van der Waals surface area contributed by atoms with Gasteiger partial charge in [0.2, 0.25) is 10.0 Å². The third-order valence-electron chi connectivity index (χ3n) is 3.39. The average molecular weight is 336 g/mol. The SMILES string of the molecule is CNCCn1cc(S(=O)(=O)NC2(C)CCS(=O)(=O)C2)cn1. The van der Waals surface area contributed by atoms with Crippen molar-refractivity contribution in [3.8, 4) is 0 Å². The molecule has 8 nitrogen and oxygen atoms in total. The van der Waals surface area contributed by atoms with Gasteiger partial charge in [-0.1, -0.05) is 0 Å². The van der Waals surface area contributed by atoms with E-state index in [1.807, 2.05) is 0 Å². The highest BCUT2D eigenvalue weighted by Gasteiger charge is 2.41. The van der Waals surface area contributed by atoms with Gasteiger partial charge in [0.25, 0.3) is 0 Å². The molecule has 1 aromatic heterocycles. The number of hydrogen-bond acceptors (Lipinski definition) is 6. The molecule has 1 aliphatic rings. The van der Waals surface area contributed by atoms with Crippen molar-refractivity contribution in [2.75, 3.05) is 25.1 Å². The molecule has 21 heavy (non-hydrogen) atoms. The van der Waals surface area contributed by atoms with Gasteiger partial charge in [0, 0.05) is 18.3 Å². The molecule has 1 saturated heterocycles. The van der Waals surface area contributed by atoms with Crippen molar-refractivity contribution in [2.24, 2.45) is 0 Å². The third kappa shape index (κ3) is 4.02. The lowest BCUT2D eigenvalue weighted by Gasteiger charge is -2.22. The van der Waals surface area contributed by atoms with Crippen LogP contribution in [0.1, 0.15) is 13.3 Å². The molecule has 0 radical (unpaired) electrons. The van der Waals surface area contributed by atoms with Gasteiger partial charge >= 0.3 is 0 Å². The summed E-state index contributed by atoms with van der Waals surface area (Å²) in [7, 11) is -5.15. The molecule has 1 fully saturated rings. The summed E-state index contributed by atoms with van der Waals surface area (Å²) in [4.78, 5) is 0.0455. The van der Waals surface area contributed by atoms with Gasteiger partial charge in [0.15, 0.2) is 9.84 Å². The maximum Gasteiger partial charge on any atom is 0.244 e. The van der Waals surface area contributed by atoms with Crippen LogP contribution in [0.15, 0.2) is 17.3 Å². The summed E-state index contributed by atoms with van der Waals surface area (Å²) in [6.07, 6.45) is 2.99. The molecule has 0 amide bonds. The summed E-state index contributed by atoms with van der Waals surface area (Å²) in [5.74, 6) is -0.166. The van der Waals surface area contributed by atoms with E-state index in [1.54, 1.807) is 14.0 Å². The van der Waals surface area contributed by atoms with Gasteiger partial charge < -0.3 is 5.32 Å². The molecule has 0 aliphatic carbocycles. The first-order chi connectivity index (χ1) is 9.66. The molecule has 2 rings (SSSR count). The van der Waals surface area contributed by atoms with E-state index in [0.29, 0.717) is 13.1 Å². The summed E-state index contributed by atoms with van der Waals surface area (Å²) in [6.45, 7) is 2.84. The van der Waals surface area contributed by atoms with Crippen LogP contribution in [0.5, 0.6) is 0 Å². The Labute approximate surface area is 124 Å². The number of sulfone groups is 1. The molecule has 0 saturated carbocycles. The second-order valence-corrected chi connectivity index (χ2v) is 9.42. The Kier molecular flexibility index (Phi) is 4.43. The standard InChI is InChI=1S/C11H20N4O4S2/c1-11(3-6-20(16,17)9-11)14-21(18,19)10-7-13-15(8-10)5-4-12-2/h7-8,12,14H,3-6,9H2,1-2H3. The van der Waals surface area contributed by atoms with Crippen LogP contribution in [-0.4, -0.2) is 57.3 Å². The third-order valence-corrected chi connectivity index (χ3v) is 6.89. The Hall–Kier alpha value is -0.970. The van der Waals surface area contributed by atoms with Crippen LogP contribution < -0.4 is 10.0 Å². The number of rotatable bonds is 6. The van der Waals surface area contributed by atoms with E-state index < -0.39 is 25.4 Å². The quantitative estimate of drug-likeness (QED) is 0.686. The van der Waals surface area contributed by atoms with Crippen molar-refractivity contribution in [1.82, 2.24) is 19.8 Å². The first kappa shape index (κ1) is 16.4. The Balaban J connectivity index is 2.13. The van der Waals surface area contributed by atoms with E-state index in [1.165, 1.54) is 17.1 Å². The zero-order chi connectivity index (χ0) is 15.7. The minimum atomic E-state index is -3.77. The smallest absolute Gasteiger partial charge is 0.244 e. The van der Waals surface area contributed by atoms with Crippen molar-refractivity contribution >= 4 is 19.9 Å². The highest BCUT2D eigenvalue weighted by atomic mass is 32.2. The minimum Gasteiger partial charge on any atom is -0.318 e. The second kappa shape index (κ2) is 5.67. The number of nitrogens with one attached hydrogen (secondary N) is 2. The maximum atomic E-state index is 12.3. The lowest BCUT2D eigenvalue weighted by atomic mass is 10.0. The minimum absolute atomic E-state index is 0.00739. The molecular weight excluding hydrogens is 316 g/mol. The first-order valence-corrected chi connectivity index (χ1v) is 9.88. The van der Waals surface area contributed by atoms with E-state index in [2.05, 4.69) is 15.1 Å². The van der Waals surface area contributed by atoms with Gasteiger partial charge in [-0.3, -0.25) is 4.68 Å². The molecule has 10 heteroatoms. The molecule has 120 valence electrons. The molecule has 1 aromatic rings. The van der Waals surface area contributed by atoms with Gasteiger partial charge in [0.05, 0.1) is 24.2 Å². The van der Waals surface area contributed by atoms with E-state index >= 15 is 0 Å². The van der Waals surface area contributed by atoms with Crippen molar-refractivity contribution in [2.45, 2.75) is 30.3 Å². The van der Waals surface area contributed by atoms with E-state index in [-0.39, 0.29) is 22.8 Å². The molecule has 0 aromatic carbocycles. The van der Waals surface area contributed by atoms with Gasteiger partial charge in [0.1, 0.15) is 4.90 Å². The Morgan fingerprint density at radius 3 is 2.76 bits per heavy atom. The number of aromatic nitrogens is 2. The predicted octanol–water partition coefficient (Wildman–Crippen LogP) is -1.04. The van der Waals surface area contributed by atoms with Crippen molar-refractivity contribution in [3.05, 3.63) is 12.4 Å². The first-order valence-electron chi connectivity index (χ1n) is 6.57. The molecule has 1 unspecified atom stereocenters. The van der Waals surface area contributed by atoms with Gasteiger partial charge in [-0.05, 0) is 20.4 Å². The van der Waals surface area contributed by atoms with Crippen LogP contribution >= 0.6 is 0 Å². The Morgan fingerprint density at radius 1 is 1.48 bits per heavy atom. The van der Waals surface area contributed by atoms with E-state index in [9.17, 15) is 16.8 Å². The van der Waals surface area contributed by atoms with E-state index in [0.717, 1.165) is 0 Å². The molecule has 0 bridgehead atoms. The topological polar surface area (TPSA) is 110 Å². The predicted molar refractivity (Wildman–Crippen MR) is 78.2 cm³/mol. The fourth-order valence-electron chi connectivity index (χ4n) is 2.31. The van der Waals surface area contributed by atoms with Gasteiger partial charge in [-0.2, -0.15) is 5.10 Å². The zero-order valence-corrected chi connectivity index (χ0v) is 13.7. The Morgan fingerprint density at radius 2 is 2.19 bits per heavy atom. The fraction of sp³-hybridized carbons (Fsp3) is 0.727. The molecule has 1 aliphatic heterocycles. The van der Waals surface area contributed by atoms with Gasteiger partial charge in [-0.15, -0.1) is 0 Å². The van der Waals surface area contributed by atoms with Crippen molar-refractivity contribution < 1.29 is 16.8 Å². The van der Waals surface area contributed by atoms with Crippen molar-refractivity contribution in [3.63, 3.8) is 0 Å². The summed E-state index contributed by atoms with van der Waals surface area (Å²) >= 11 is 0. The fourth-order valence-corrected chi connectivity index (χ4v) is 5.88. The molecule has 0 spiro atoms. The normalized spacial score (nSPS) is 25.2. The summed E-state index contributed by atoms with van der Waals surface area (Å²) in [6, 6.07) is 0. The van der Waals surface area contributed by atoms with Crippen LogP contribution in [0.4, 0.5) is 0 Å². The highest BCUT2D eigenvalue weighted by Crippen LogP contribution is 2.25.